The molecule has 1 unspecified atom stereocenters. The van der Waals surface area contributed by atoms with E-state index in [4.69, 9.17) is 4.74 Å². The van der Waals surface area contributed by atoms with Gasteiger partial charge in [0.1, 0.15) is 5.72 Å². The molecule has 1 atom stereocenters. The minimum Gasteiger partial charge on any atom is -0.480 e. The van der Waals surface area contributed by atoms with Crippen molar-refractivity contribution < 1.29 is 19.4 Å². The average Bonchev–Trinajstić information content (AvgIpc) is 2.90. The van der Waals surface area contributed by atoms with E-state index in [1.54, 1.807) is 0 Å². The lowest BCUT2D eigenvalue weighted by Crippen LogP contribution is -2.57. The van der Waals surface area contributed by atoms with Crippen LogP contribution in [0.5, 0.6) is 0 Å². The average molecular weight is 318 g/mol. The molecule has 2 fully saturated rings. The van der Waals surface area contributed by atoms with Crippen molar-refractivity contribution in [3.63, 3.8) is 0 Å². The van der Waals surface area contributed by atoms with Crippen LogP contribution in [0.25, 0.3) is 0 Å². The predicted molar refractivity (Wildman–Crippen MR) is 83.6 cm³/mol. The van der Waals surface area contributed by atoms with E-state index in [9.17, 15) is 14.7 Å². The summed E-state index contributed by atoms with van der Waals surface area (Å²) in [6, 6.07) is 9.37. The second kappa shape index (κ2) is 6.29. The van der Waals surface area contributed by atoms with Crippen LogP contribution < -0.4 is 0 Å². The molecule has 2 heterocycles. The van der Waals surface area contributed by atoms with E-state index in [1.807, 2.05) is 18.2 Å². The van der Waals surface area contributed by atoms with Gasteiger partial charge in [0.05, 0.1) is 6.61 Å². The van der Waals surface area contributed by atoms with Crippen LogP contribution in [-0.2, 0) is 20.9 Å². The van der Waals surface area contributed by atoms with Gasteiger partial charge in [0.25, 0.3) is 0 Å². The fourth-order valence-electron chi connectivity index (χ4n) is 3.64. The first-order valence-corrected chi connectivity index (χ1v) is 7.95. The highest BCUT2D eigenvalue weighted by Crippen LogP contribution is 2.37. The minimum absolute atomic E-state index is 0.0770. The van der Waals surface area contributed by atoms with E-state index in [1.165, 1.54) is 17.4 Å². The molecular weight excluding hydrogens is 296 g/mol. The lowest BCUT2D eigenvalue weighted by molar-refractivity contribution is -0.164. The van der Waals surface area contributed by atoms with Crippen molar-refractivity contribution in [2.24, 2.45) is 0 Å². The number of ether oxygens (including phenoxy) is 1. The molecule has 0 bridgehead atoms. The van der Waals surface area contributed by atoms with Crippen LogP contribution >= 0.6 is 0 Å². The molecule has 0 radical (unpaired) electrons. The minimum atomic E-state index is -0.996. The van der Waals surface area contributed by atoms with Gasteiger partial charge in [-0.05, 0) is 5.56 Å². The quantitative estimate of drug-likeness (QED) is 0.910. The number of carbonyl (C=O) groups excluding carboxylic acids is 1. The molecule has 124 valence electrons. The van der Waals surface area contributed by atoms with Gasteiger partial charge in [-0.3, -0.25) is 14.6 Å². The van der Waals surface area contributed by atoms with E-state index < -0.39 is 17.7 Å². The number of carboxylic acids is 1. The van der Waals surface area contributed by atoms with Gasteiger partial charge in [0.15, 0.2) is 6.04 Å². The van der Waals surface area contributed by atoms with Crippen LogP contribution in [0.2, 0.25) is 0 Å². The lowest BCUT2D eigenvalue weighted by atomic mass is 9.97. The molecule has 2 aliphatic heterocycles. The predicted octanol–water partition coefficient (Wildman–Crippen LogP) is 1.31. The Hall–Kier alpha value is -1.92. The number of aliphatic carboxylic acids is 1. The maximum Gasteiger partial charge on any atom is 0.328 e. The zero-order valence-electron chi connectivity index (χ0n) is 13.3. The van der Waals surface area contributed by atoms with Crippen molar-refractivity contribution in [3.8, 4) is 0 Å². The molecule has 1 aromatic rings. The van der Waals surface area contributed by atoms with Crippen LogP contribution in [0.1, 0.15) is 25.3 Å². The Morgan fingerprint density at radius 2 is 1.91 bits per heavy atom. The third kappa shape index (κ3) is 3.09. The van der Waals surface area contributed by atoms with Crippen molar-refractivity contribution in [3.05, 3.63) is 35.9 Å². The molecule has 2 aliphatic rings. The summed E-state index contributed by atoms with van der Waals surface area (Å²) in [6.45, 7) is 3.92. The topological polar surface area (TPSA) is 70.1 Å². The van der Waals surface area contributed by atoms with Crippen LogP contribution in [0.3, 0.4) is 0 Å². The van der Waals surface area contributed by atoms with Crippen LogP contribution in [0, 0.1) is 0 Å². The van der Waals surface area contributed by atoms with E-state index >= 15 is 0 Å². The summed E-state index contributed by atoms with van der Waals surface area (Å²) in [7, 11) is 0. The third-order valence-corrected chi connectivity index (χ3v) is 4.77. The highest BCUT2D eigenvalue weighted by molar-refractivity contribution is 5.83. The van der Waals surface area contributed by atoms with Gasteiger partial charge in [0, 0.05) is 39.4 Å². The van der Waals surface area contributed by atoms with Crippen molar-refractivity contribution in [1.82, 2.24) is 9.80 Å². The van der Waals surface area contributed by atoms with Gasteiger partial charge >= 0.3 is 5.97 Å². The Bertz CT molecular complexity index is 582. The number of hydrogen-bond donors (Lipinski definition) is 1. The Morgan fingerprint density at radius 1 is 1.26 bits per heavy atom. The Kier molecular flexibility index (Phi) is 4.37. The van der Waals surface area contributed by atoms with Gasteiger partial charge in [-0.15, -0.1) is 0 Å². The lowest BCUT2D eigenvalue weighted by Gasteiger charge is -2.44. The van der Waals surface area contributed by atoms with Crippen molar-refractivity contribution in [1.29, 1.82) is 0 Å². The van der Waals surface area contributed by atoms with Crippen molar-refractivity contribution in [2.75, 3.05) is 19.7 Å². The van der Waals surface area contributed by atoms with E-state index in [-0.39, 0.29) is 12.5 Å². The van der Waals surface area contributed by atoms with Crippen LogP contribution in [0.4, 0.5) is 0 Å². The smallest absolute Gasteiger partial charge is 0.328 e. The molecule has 23 heavy (non-hydrogen) atoms. The van der Waals surface area contributed by atoms with Crippen molar-refractivity contribution in [2.45, 2.75) is 38.1 Å². The molecule has 1 spiro atoms. The first-order valence-electron chi connectivity index (χ1n) is 7.95. The molecule has 3 rings (SSSR count). The zero-order valence-corrected chi connectivity index (χ0v) is 13.3. The molecule has 6 heteroatoms. The zero-order chi connectivity index (χ0) is 16.4. The summed E-state index contributed by atoms with van der Waals surface area (Å²) in [5.74, 6) is -1.23. The van der Waals surface area contributed by atoms with Crippen molar-refractivity contribution >= 4 is 11.9 Å². The summed E-state index contributed by atoms with van der Waals surface area (Å²) < 4.78 is 5.83. The Labute approximate surface area is 135 Å². The standard InChI is InChI=1S/C17H22N2O4/c1-13(20)19-15(16(21)22)12-23-17(19)7-9-18(10-8-17)11-14-5-3-2-4-6-14/h2-6,15H,7-12H2,1H3,(H,21,22). The van der Waals surface area contributed by atoms with Gasteiger partial charge in [-0.1, -0.05) is 30.3 Å². The van der Waals surface area contributed by atoms with Crippen LogP contribution in [0.15, 0.2) is 30.3 Å². The third-order valence-electron chi connectivity index (χ3n) is 4.77. The molecule has 1 amide bonds. The number of rotatable bonds is 3. The summed E-state index contributed by atoms with van der Waals surface area (Å²) >= 11 is 0. The Morgan fingerprint density at radius 3 is 2.48 bits per heavy atom. The molecule has 0 aromatic heterocycles. The van der Waals surface area contributed by atoms with Gasteiger partial charge < -0.3 is 9.84 Å². The van der Waals surface area contributed by atoms with Gasteiger partial charge in [0.2, 0.25) is 5.91 Å². The number of likely N-dealkylation sites (tertiary alicyclic amines) is 1. The summed E-state index contributed by atoms with van der Waals surface area (Å²) in [5.41, 5.74) is 0.504. The number of nitrogens with zero attached hydrogens (tertiary/aromatic N) is 2. The van der Waals surface area contributed by atoms with Crippen LogP contribution in [-0.4, -0.2) is 58.2 Å². The van der Waals surface area contributed by atoms with E-state index in [2.05, 4.69) is 17.0 Å². The van der Waals surface area contributed by atoms with Gasteiger partial charge in [-0.2, -0.15) is 0 Å². The maximum atomic E-state index is 12.0. The monoisotopic (exact) mass is 318 g/mol. The SMILES string of the molecule is CC(=O)N1C(C(=O)O)COC12CCN(Cc1ccccc1)CC2. The molecule has 1 aromatic carbocycles. The normalized spacial score (nSPS) is 24.0. The number of piperidine rings is 1. The molecule has 0 aliphatic carbocycles. The summed E-state index contributed by atoms with van der Waals surface area (Å²) in [4.78, 5) is 27.1. The number of hydrogen-bond acceptors (Lipinski definition) is 4. The molecule has 0 saturated carbocycles. The molecular formula is C17H22N2O4. The first kappa shape index (κ1) is 16.0. The van der Waals surface area contributed by atoms with Gasteiger partial charge in [-0.25, -0.2) is 4.79 Å². The second-order valence-electron chi connectivity index (χ2n) is 6.26. The fourth-order valence-corrected chi connectivity index (χ4v) is 3.64. The van der Waals surface area contributed by atoms with E-state index in [0.717, 1.165) is 19.6 Å². The number of benzene rings is 1. The largest absolute Gasteiger partial charge is 0.480 e. The second-order valence-corrected chi connectivity index (χ2v) is 6.26. The summed E-state index contributed by atoms with van der Waals surface area (Å²) in [5, 5.41) is 9.31. The number of carboxylic acid groups (broad SMARTS) is 1. The number of amides is 1. The maximum absolute atomic E-state index is 12.0. The molecule has 6 nitrogen and oxygen atoms in total. The van der Waals surface area contributed by atoms with E-state index in [0.29, 0.717) is 12.8 Å². The highest BCUT2D eigenvalue weighted by Gasteiger charge is 2.52. The highest BCUT2D eigenvalue weighted by atomic mass is 16.5. The summed E-state index contributed by atoms with van der Waals surface area (Å²) in [6.07, 6.45) is 1.28. The molecule has 2 saturated heterocycles. The Balaban J connectivity index is 1.67. The number of carbonyl (C=O) groups is 2. The fraction of sp³-hybridized carbons (Fsp3) is 0.529. The first-order chi connectivity index (χ1) is 11.0. The molecule has 1 N–H and O–H groups in total.